The van der Waals surface area contributed by atoms with Gasteiger partial charge in [0.1, 0.15) is 11.9 Å². The van der Waals surface area contributed by atoms with Crippen LogP contribution in [0.3, 0.4) is 0 Å². The Morgan fingerprint density at radius 1 is 1.52 bits per heavy atom. The van der Waals surface area contributed by atoms with Gasteiger partial charge in [-0.15, -0.1) is 0 Å². The van der Waals surface area contributed by atoms with Gasteiger partial charge in [-0.05, 0) is 37.3 Å². The SMILES string of the molecule is CC1(CNCC(O)c2ccc(F)cn2)CCOC1C1CC1. The van der Waals surface area contributed by atoms with Gasteiger partial charge in [-0.25, -0.2) is 4.39 Å². The van der Waals surface area contributed by atoms with Crippen molar-refractivity contribution in [2.45, 2.75) is 38.4 Å². The van der Waals surface area contributed by atoms with Crippen LogP contribution in [0.25, 0.3) is 0 Å². The van der Waals surface area contributed by atoms with E-state index in [0.29, 0.717) is 18.3 Å². The van der Waals surface area contributed by atoms with Crippen LogP contribution in [0.5, 0.6) is 0 Å². The number of hydrogen-bond acceptors (Lipinski definition) is 4. The molecule has 1 aromatic heterocycles. The van der Waals surface area contributed by atoms with Gasteiger partial charge in [-0.2, -0.15) is 0 Å². The van der Waals surface area contributed by atoms with Crippen LogP contribution in [0, 0.1) is 17.2 Å². The van der Waals surface area contributed by atoms with Crippen LogP contribution in [0.1, 0.15) is 38.0 Å². The van der Waals surface area contributed by atoms with Crippen LogP contribution < -0.4 is 5.32 Å². The van der Waals surface area contributed by atoms with E-state index in [-0.39, 0.29) is 11.2 Å². The van der Waals surface area contributed by atoms with Crippen molar-refractivity contribution in [3.63, 3.8) is 0 Å². The van der Waals surface area contributed by atoms with Gasteiger partial charge in [0, 0.05) is 25.1 Å². The highest BCUT2D eigenvalue weighted by atomic mass is 19.1. The molecule has 0 bridgehead atoms. The summed E-state index contributed by atoms with van der Waals surface area (Å²) in [6, 6.07) is 2.84. The van der Waals surface area contributed by atoms with Gasteiger partial charge in [0.15, 0.2) is 0 Å². The lowest BCUT2D eigenvalue weighted by molar-refractivity contribution is 0.0371. The lowest BCUT2D eigenvalue weighted by Crippen LogP contribution is -2.40. The van der Waals surface area contributed by atoms with Crippen molar-refractivity contribution in [2.24, 2.45) is 11.3 Å². The molecule has 0 amide bonds. The first-order valence-electron chi connectivity index (χ1n) is 7.70. The maximum absolute atomic E-state index is 12.8. The van der Waals surface area contributed by atoms with Crippen molar-refractivity contribution < 1.29 is 14.2 Å². The molecule has 4 nitrogen and oxygen atoms in total. The molecule has 3 atom stereocenters. The molecule has 2 aliphatic rings. The zero-order valence-corrected chi connectivity index (χ0v) is 12.4. The molecule has 5 heteroatoms. The number of ether oxygens (including phenoxy) is 1. The standard InChI is InChI=1S/C16H23FN2O2/c1-16(6-7-21-15(16)11-2-3-11)10-18-9-14(20)13-5-4-12(17)8-19-13/h4-5,8,11,14-15,18,20H,2-3,6-7,9-10H2,1H3. The second-order valence-electron chi connectivity index (χ2n) is 6.58. The number of pyridine rings is 1. The van der Waals surface area contributed by atoms with E-state index in [9.17, 15) is 9.50 Å². The monoisotopic (exact) mass is 294 g/mol. The van der Waals surface area contributed by atoms with Crippen LogP contribution in [-0.4, -0.2) is 35.9 Å². The fourth-order valence-corrected chi connectivity index (χ4v) is 3.24. The van der Waals surface area contributed by atoms with Gasteiger partial charge < -0.3 is 15.2 Å². The average Bonchev–Trinajstić information content (AvgIpc) is 3.23. The summed E-state index contributed by atoms with van der Waals surface area (Å²) in [5.41, 5.74) is 0.646. The van der Waals surface area contributed by atoms with Gasteiger partial charge >= 0.3 is 0 Å². The molecule has 2 heterocycles. The summed E-state index contributed by atoms with van der Waals surface area (Å²) in [5.74, 6) is 0.338. The summed E-state index contributed by atoms with van der Waals surface area (Å²) in [5, 5.41) is 13.4. The Balaban J connectivity index is 1.50. The van der Waals surface area contributed by atoms with E-state index < -0.39 is 6.10 Å². The van der Waals surface area contributed by atoms with Crippen molar-refractivity contribution in [3.8, 4) is 0 Å². The van der Waals surface area contributed by atoms with Crippen molar-refractivity contribution in [3.05, 3.63) is 29.8 Å². The van der Waals surface area contributed by atoms with Gasteiger partial charge in [-0.3, -0.25) is 4.98 Å². The van der Waals surface area contributed by atoms with E-state index in [1.807, 2.05) is 0 Å². The van der Waals surface area contributed by atoms with Crippen LogP contribution >= 0.6 is 0 Å². The van der Waals surface area contributed by atoms with E-state index in [1.54, 1.807) is 0 Å². The third-order valence-corrected chi connectivity index (χ3v) is 4.67. The van der Waals surface area contributed by atoms with Gasteiger partial charge in [-0.1, -0.05) is 6.92 Å². The number of aliphatic hydroxyl groups excluding tert-OH is 1. The highest BCUT2D eigenvalue weighted by Crippen LogP contribution is 2.47. The van der Waals surface area contributed by atoms with Crippen molar-refractivity contribution in [2.75, 3.05) is 19.7 Å². The quantitative estimate of drug-likeness (QED) is 0.843. The molecule has 3 rings (SSSR count). The molecule has 1 aromatic rings. The van der Waals surface area contributed by atoms with E-state index in [4.69, 9.17) is 4.74 Å². The normalized spacial score (nSPS) is 30.5. The second kappa shape index (κ2) is 5.99. The molecule has 1 saturated heterocycles. The fourth-order valence-electron chi connectivity index (χ4n) is 3.24. The number of halogens is 1. The highest BCUT2D eigenvalue weighted by Gasteiger charge is 2.47. The smallest absolute Gasteiger partial charge is 0.141 e. The number of rotatable bonds is 6. The summed E-state index contributed by atoms with van der Waals surface area (Å²) in [6.07, 6.45) is 4.40. The molecule has 116 valence electrons. The van der Waals surface area contributed by atoms with Crippen LogP contribution in [0.4, 0.5) is 4.39 Å². The molecule has 2 N–H and O–H groups in total. The summed E-state index contributed by atoms with van der Waals surface area (Å²) < 4.78 is 18.7. The maximum Gasteiger partial charge on any atom is 0.141 e. The Bertz CT molecular complexity index is 478. The predicted molar refractivity (Wildman–Crippen MR) is 77.2 cm³/mol. The van der Waals surface area contributed by atoms with E-state index >= 15 is 0 Å². The Morgan fingerprint density at radius 3 is 3.00 bits per heavy atom. The number of hydrogen-bond donors (Lipinski definition) is 2. The maximum atomic E-state index is 12.8. The molecule has 21 heavy (non-hydrogen) atoms. The van der Waals surface area contributed by atoms with Crippen molar-refractivity contribution in [1.82, 2.24) is 10.3 Å². The van der Waals surface area contributed by atoms with E-state index in [2.05, 4.69) is 17.2 Å². The molecule has 1 saturated carbocycles. The largest absolute Gasteiger partial charge is 0.385 e. The topological polar surface area (TPSA) is 54.4 Å². The van der Waals surface area contributed by atoms with E-state index in [1.165, 1.54) is 25.0 Å². The number of nitrogens with zero attached hydrogens (tertiary/aromatic N) is 1. The summed E-state index contributed by atoms with van der Waals surface area (Å²) >= 11 is 0. The summed E-state index contributed by atoms with van der Waals surface area (Å²) in [4.78, 5) is 3.91. The lowest BCUT2D eigenvalue weighted by atomic mass is 9.81. The number of nitrogens with one attached hydrogen (secondary N) is 1. The first-order chi connectivity index (χ1) is 10.1. The Hall–Kier alpha value is -1.04. The second-order valence-corrected chi connectivity index (χ2v) is 6.58. The molecule has 3 unspecified atom stereocenters. The van der Waals surface area contributed by atoms with Crippen molar-refractivity contribution in [1.29, 1.82) is 0 Å². The summed E-state index contributed by atoms with van der Waals surface area (Å²) in [6.45, 7) is 4.35. The highest BCUT2D eigenvalue weighted by molar-refractivity contribution is 5.08. The molecular weight excluding hydrogens is 271 g/mol. The minimum absolute atomic E-state index is 0.150. The average molecular weight is 294 g/mol. The van der Waals surface area contributed by atoms with Gasteiger partial charge in [0.2, 0.25) is 0 Å². The number of aromatic nitrogens is 1. The summed E-state index contributed by atoms with van der Waals surface area (Å²) in [7, 11) is 0. The predicted octanol–water partition coefficient (Wildman–Crippen LogP) is 2.05. The Kier molecular flexibility index (Phi) is 4.24. The lowest BCUT2D eigenvalue weighted by Gasteiger charge is -2.30. The van der Waals surface area contributed by atoms with Crippen LogP contribution in [0.2, 0.25) is 0 Å². The van der Waals surface area contributed by atoms with Crippen LogP contribution in [-0.2, 0) is 4.74 Å². The molecule has 0 aromatic carbocycles. The zero-order valence-electron chi connectivity index (χ0n) is 12.4. The first-order valence-corrected chi connectivity index (χ1v) is 7.70. The minimum Gasteiger partial charge on any atom is -0.385 e. The third-order valence-electron chi connectivity index (χ3n) is 4.67. The fraction of sp³-hybridized carbons (Fsp3) is 0.688. The van der Waals surface area contributed by atoms with Crippen LogP contribution in [0.15, 0.2) is 18.3 Å². The third kappa shape index (κ3) is 3.42. The van der Waals surface area contributed by atoms with Gasteiger partial charge in [0.05, 0.1) is 18.0 Å². The molecule has 1 aliphatic carbocycles. The molecule has 2 fully saturated rings. The molecule has 0 spiro atoms. The number of aliphatic hydroxyl groups is 1. The Labute approximate surface area is 124 Å². The molecule has 0 radical (unpaired) electrons. The molecular formula is C16H23FN2O2. The van der Waals surface area contributed by atoms with Crippen molar-refractivity contribution >= 4 is 0 Å². The zero-order chi connectivity index (χ0) is 14.9. The van der Waals surface area contributed by atoms with Gasteiger partial charge in [0.25, 0.3) is 0 Å². The molecule has 1 aliphatic heterocycles. The minimum atomic E-state index is -0.712. The Morgan fingerprint density at radius 2 is 2.33 bits per heavy atom. The van der Waals surface area contributed by atoms with E-state index in [0.717, 1.165) is 31.7 Å². The first kappa shape index (κ1) is 14.9.